The number of primary amides is 1. The molecule has 0 fully saturated rings. The van der Waals surface area contributed by atoms with Gasteiger partial charge in [-0.1, -0.05) is 78.3 Å². The summed E-state index contributed by atoms with van der Waals surface area (Å²) in [5.74, 6) is -0.984. The fourth-order valence-electron chi connectivity index (χ4n) is 4.88. The second-order valence-corrected chi connectivity index (χ2v) is 13.2. The van der Waals surface area contributed by atoms with Crippen LogP contribution >= 0.6 is 0 Å². The summed E-state index contributed by atoms with van der Waals surface area (Å²) >= 11 is 0. The van der Waals surface area contributed by atoms with E-state index in [4.69, 9.17) is 19.4 Å². The first-order chi connectivity index (χ1) is 22.9. The van der Waals surface area contributed by atoms with Crippen molar-refractivity contribution < 1.29 is 46.1 Å². The molecule has 0 saturated heterocycles. The SMILES string of the molecule is C=C(C)CC(C)=CC(=O)NC=CC(C)=CC(C)C1CC(C)=CC=CCCC(OS(=O)(=O)O)C=CC(O)C(OC(N)=O)CCCC=CC(=O)O1. The molecule has 0 saturated carbocycles. The van der Waals surface area contributed by atoms with Crippen molar-refractivity contribution in [3.8, 4) is 0 Å². The van der Waals surface area contributed by atoms with E-state index >= 15 is 0 Å². The Labute approximate surface area is 290 Å². The Morgan fingerprint density at radius 2 is 1.90 bits per heavy atom. The first kappa shape index (κ1) is 43.0. The van der Waals surface area contributed by atoms with Crippen LogP contribution in [-0.4, -0.2) is 60.5 Å². The predicted molar refractivity (Wildman–Crippen MR) is 189 cm³/mol. The van der Waals surface area contributed by atoms with Crippen LogP contribution < -0.4 is 11.1 Å². The number of hydrogen-bond donors (Lipinski definition) is 4. The first-order valence-corrected chi connectivity index (χ1v) is 17.5. The fourth-order valence-corrected chi connectivity index (χ4v) is 5.36. The molecule has 5 unspecified atom stereocenters. The van der Waals surface area contributed by atoms with Crippen LogP contribution in [0.3, 0.4) is 0 Å². The number of amides is 2. The lowest BCUT2D eigenvalue weighted by molar-refractivity contribution is -0.144. The molecule has 5 N–H and O–H groups in total. The topological polar surface area (TPSA) is 192 Å². The van der Waals surface area contributed by atoms with E-state index in [9.17, 15) is 32.5 Å². The minimum atomic E-state index is -4.79. The van der Waals surface area contributed by atoms with Crippen LogP contribution in [0.25, 0.3) is 0 Å². The van der Waals surface area contributed by atoms with Gasteiger partial charge in [-0.05, 0) is 72.3 Å². The van der Waals surface area contributed by atoms with E-state index in [0.717, 1.165) is 22.3 Å². The number of rotatable bonds is 10. The average molecular weight is 705 g/mol. The highest BCUT2D eigenvalue weighted by molar-refractivity contribution is 7.80. The van der Waals surface area contributed by atoms with E-state index in [1.54, 1.807) is 30.5 Å². The van der Waals surface area contributed by atoms with Gasteiger partial charge in [-0.2, -0.15) is 8.42 Å². The summed E-state index contributed by atoms with van der Waals surface area (Å²) in [5.41, 5.74) is 8.80. The average Bonchev–Trinajstić information content (AvgIpc) is 2.96. The number of ether oxygens (including phenoxy) is 2. The zero-order valence-corrected chi connectivity index (χ0v) is 29.9. The van der Waals surface area contributed by atoms with Crippen molar-refractivity contribution in [1.29, 1.82) is 0 Å². The zero-order chi connectivity index (χ0) is 37.0. The van der Waals surface area contributed by atoms with Gasteiger partial charge in [-0.15, -0.1) is 0 Å². The van der Waals surface area contributed by atoms with E-state index in [2.05, 4.69) is 11.9 Å². The second-order valence-electron chi connectivity index (χ2n) is 12.2. The van der Waals surface area contributed by atoms with Gasteiger partial charge in [-0.3, -0.25) is 9.35 Å². The molecule has 0 bridgehead atoms. The summed E-state index contributed by atoms with van der Waals surface area (Å²) in [6, 6.07) is 0. The monoisotopic (exact) mass is 704 g/mol. The summed E-state index contributed by atoms with van der Waals surface area (Å²) in [6.45, 7) is 13.3. The van der Waals surface area contributed by atoms with Gasteiger partial charge in [0.25, 0.3) is 0 Å². The number of hydrogen-bond acceptors (Lipinski definition) is 9. The molecule has 13 heteroatoms. The third-order valence-corrected chi connectivity index (χ3v) is 7.59. The molecule has 12 nitrogen and oxygen atoms in total. The minimum absolute atomic E-state index is 0.137. The van der Waals surface area contributed by atoms with E-state index < -0.39 is 46.9 Å². The van der Waals surface area contributed by atoms with Gasteiger partial charge in [0, 0.05) is 30.7 Å². The number of esters is 1. The summed E-state index contributed by atoms with van der Waals surface area (Å²) in [7, 11) is -4.79. The molecule has 1 rings (SSSR count). The van der Waals surface area contributed by atoms with Gasteiger partial charge < -0.3 is 25.6 Å². The van der Waals surface area contributed by atoms with E-state index in [1.807, 2.05) is 46.8 Å². The molecule has 0 spiro atoms. The number of nitrogens with two attached hydrogens (primary N) is 1. The maximum Gasteiger partial charge on any atom is 0.404 e. The van der Waals surface area contributed by atoms with E-state index in [0.29, 0.717) is 32.1 Å². The van der Waals surface area contributed by atoms with Crippen molar-refractivity contribution in [2.45, 2.75) is 104 Å². The lowest BCUT2D eigenvalue weighted by Crippen LogP contribution is -2.32. The number of aliphatic hydroxyl groups is 1. The van der Waals surface area contributed by atoms with Crippen LogP contribution in [0.5, 0.6) is 0 Å². The van der Waals surface area contributed by atoms with E-state index in [1.165, 1.54) is 24.3 Å². The van der Waals surface area contributed by atoms with Crippen LogP contribution in [0.4, 0.5) is 4.79 Å². The van der Waals surface area contributed by atoms with Gasteiger partial charge in [-0.25, -0.2) is 13.8 Å². The van der Waals surface area contributed by atoms with Gasteiger partial charge in [0.2, 0.25) is 5.91 Å². The van der Waals surface area contributed by atoms with Gasteiger partial charge >= 0.3 is 22.5 Å². The molecule has 0 radical (unpaired) electrons. The minimum Gasteiger partial charge on any atom is -0.458 e. The van der Waals surface area contributed by atoms with Gasteiger partial charge in [0.15, 0.2) is 0 Å². The number of allylic oxidation sites excluding steroid dienone is 8. The Morgan fingerprint density at radius 3 is 2.55 bits per heavy atom. The summed E-state index contributed by atoms with van der Waals surface area (Å²) in [6.07, 6.45) is 15.0. The molecule has 0 aromatic rings. The molecule has 1 aliphatic rings. The molecule has 272 valence electrons. The third-order valence-electron chi connectivity index (χ3n) is 7.10. The zero-order valence-electron chi connectivity index (χ0n) is 29.0. The van der Waals surface area contributed by atoms with Crippen LogP contribution in [0, 0.1) is 5.92 Å². The molecule has 0 aromatic heterocycles. The first-order valence-electron chi connectivity index (χ1n) is 16.1. The Kier molecular flexibility index (Phi) is 19.8. The van der Waals surface area contributed by atoms with Crippen molar-refractivity contribution in [3.05, 3.63) is 95.8 Å². The highest BCUT2D eigenvalue weighted by Gasteiger charge is 2.22. The Morgan fingerprint density at radius 1 is 1.18 bits per heavy atom. The number of carbonyl (C=O) groups excluding carboxylic acids is 3. The lowest BCUT2D eigenvalue weighted by Gasteiger charge is -2.22. The number of aliphatic hydroxyl groups excluding tert-OH is 1. The molecule has 49 heavy (non-hydrogen) atoms. The maximum atomic E-state index is 12.8. The molecule has 1 aliphatic heterocycles. The normalized spacial score (nSPS) is 23.3. The smallest absolute Gasteiger partial charge is 0.404 e. The summed E-state index contributed by atoms with van der Waals surface area (Å²) < 4.78 is 47.6. The Bertz CT molecular complexity index is 1450. The van der Waals surface area contributed by atoms with Crippen LogP contribution in [0.15, 0.2) is 95.8 Å². The van der Waals surface area contributed by atoms with Crippen LogP contribution in [-0.2, 0) is 33.6 Å². The molecule has 2 amide bonds. The van der Waals surface area contributed by atoms with Crippen molar-refractivity contribution in [2.24, 2.45) is 11.7 Å². The molecular formula is C36H52N2O10S. The van der Waals surface area contributed by atoms with Gasteiger partial charge in [0.05, 0.1) is 6.10 Å². The lowest BCUT2D eigenvalue weighted by atomic mass is 9.95. The number of cyclic esters (lactones) is 1. The maximum absolute atomic E-state index is 12.8. The third kappa shape index (κ3) is 21.5. The Hall–Kier alpha value is -4.04. The number of carbonyl (C=O) groups is 3. The van der Waals surface area contributed by atoms with Crippen LogP contribution in [0.1, 0.15) is 79.6 Å². The number of nitrogens with one attached hydrogen (secondary N) is 1. The predicted octanol–water partition coefficient (Wildman–Crippen LogP) is 6.00. The highest BCUT2D eigenvalue weighted by Crippen LogP contribution is 2.21. The summed E-state index contributed by atoms with van der Waals surface area (Å²) in [5, 5.41) is 13.3. The van der Waals surface area contributed by atoms with Gasteiger partial charge in [0.1, 0.15) is 18.3 Å². The molecule has 1 heterocycles. The van der Waals surface area contributed by atoms with Crippen LogP contribution in [0.2, 0.25) is 0 Å². The van der Waals surface area contributed by atoms with Crippen molar-refractivity contribution in [1.82, 2.24) is 5.32 Å². The quantitative estimate of drug-likeness (QED) is 0.0689. The molecule has 0 aliphatic carbocycles. The molecule has 0 aromatic carbocycles. The van der Waals surface area contributed by atoms with Crippen molar-refractivity contribution >= 4 is 28.4 Å². The Balaban J connectivity index is 3.20. The summed E-state index contributed by atoms with van der Waals surface area (Å²) in [4.78, 5) is 36.4. The van der Waals surface area contributed by atoms with Crippen molar-refractivity contribution in [2.75, 3.05) is 0 Å². The van der Waals surface area contributed by atoms with Crippen molar-refractivity contribution in [3.63, 3.8) is 0 Å². The highest BCUT2D eigenvalue weighted by atomic mass is 32.3. The largest absolute Gasteiger partial charge is 0.458 e. The fraction of sp³-hybridized carbons (Fsp3) is 0.472. The molecule has 5 atom stereocenters. The molecular weight excluding hydrogens is 652 g/mol. The standard InChI is InChI=1S/C36H52N2O10S/c1-25(2)21-28(5)24-34(40)38-20-19-27(4)22-29(6)33-23-26(3)13-9-7-10-14-30(48-49(43,44)45)17-18-31(39)32(47-36(37)42)15-11-8-12-16-35(41)46-33/h7,9,12-13,16-20,22,24,29-33,39H,1,8,10-11,14-15,21,23H2,2-6H3,(H2,37,42)(H,38,40)(H,43,44,45). The van der Waals surface area contributed by atoms with E-state index in [-0.39, 0.29) is 24.7 Å². The second kappa shape index (κ2) is 22.6.